The highest BCUT2D eigenvalue weighted by molar-refractivity contribution is 5.75. The first kappa shape index (κ1) is 9.52. The first-order valence-corrected chi connectivity index (χ1v) is 4.52. The number of carbonyl (C=O) groups excluding carboxylic acids is 1. The molecule has 1 fully saturated rings. The van der Waals surface area contributed by atoms with Gasteiger partial charge in [0.15, 0.2) is 0 Å². The van der Waals surface area contributed by atoms with E-state index in [9.17, 15) is 4.79 Å². The van der Waals surface area contributed by atoms with E-state index in [0.29, 0.717) is 6.42 Å². The molecule has 1 heterocycles. The van der Waals surface area contributed by atoms with E-state index >= 15 is 0 Å². The van der Waals surface area contributed by atoms with Crippen LogP contribution in [0.1, 0.15) is 13.3 Å². The predicted molar refractivity (Wildman–Crippen MR) is 48.9 cm³/mol. The van der Waals surface area contributed by atoms with Crippen LogP contribution in [0.15, 0.2) is 0 Å². The highest BCUT2D eigenvalue weighted by atomic mass is 16.2. The summed E-state index contributed by atoms with van der Waals surface area (Å²) in [5.74, 6) is 1.06. The van der Waals surface area contributed by atoms with E-state index in [-0.39, 0.29) is 5.91 Å². The summed E-state index contributed by atoms with van der Waals surface area (Å²) >= 11 is 0. The van der Waals surface area contributed by atoms with Crippen LogP contribution in [-0.2, 0) is 4.79 Å². The molecule has 1 amide bonds. The first-order chi connectivity index (χ1) is 5.59. The Labute approximate surface area is 74.3 Å². The number of hydrogen-bond donors (Lipinski definition) is 0. The van der Waals surface area contributed by atoms with Gasteiger partial charge in [0, 0.05) is 40.2 Å². The molecule has 0 saturated carbocycles. The van der Waals surface area contributed by atoms with Gasteiger partial charge in [-0.1, -0.05) is 6.92 Å². The van der Waals surface area contributed by atoms with Crippen molar-refractivity contribution in [3.8, 4) is 0 Å². The van der Waals surface area contributed by atoms with Gasteiger partial charge in [-0.25, -0.2) is 0 Å². The van der Waals surface area contributed by atoms with Crippen LogP contribution >= 0.6 is 0 Å². The molecule has 0 aromatic rings. The van der Waals surface area contributed by atoms with Crippen LogP contribution in [0.2, 0.25) is 0 Å². The molecule has 0 atom stereocenters. The molecule has 0 radical (unpaired) electrons. The summed E-state index contributed by atoms with van der Waals surface area (Å²) in [6.45, 7) is 5.51. The van der Waals surface area contributed by atoms with Gasteiger partial charge in [-0.15, -0.1) is 0 Å². The summed E-state index contributed by atoms with van der Waals surface area (Å²) in [5.41, 5.74) is 0. The third kappa shape index (κ3) is 2.48. The van der Waals surface area contributed by atoms with E-state index in [1.807, 2.05) is 0 Å². The van der Waals surface area contributed by atoms with Gasteiger partial charge in [0.05, 0.1) is 0 Å². The third-order valence-electron chi connectivity index (χ3n) is 2.28. The molecule has 3 heteroatoms. The Balaban J connectivity index is 2.06. The van der Waals surface area contributed by atoms with Crippen LogP contribution in [0, 0.1) is 5.92 Å². The maximum absolute atomic E-state index is 11.2. The molecule has 0 bridgehead atoms. The Morgan fingerprint density at radius 1 is 1.50 bits per heavy atom. The summed E-state index contributed by atoms with van der Waals surface area (Å²) in [6.07, 6.45) is 0.666. The lowest BCUT2D eigenvalue weighted by Crippen LogP contribution is -2.46. The number of hydrogen-bond acceptors (Lipinski definition) is 2. The van der Waals surface area contributed by atoms with Crippen molar-refractivity contribution >= 4 is 5.91 Å². The van der Waals surface area contributed by atoms with Gasteiger partial charge in [-0.2, -0.15) is 0 Å². The Hall–Kier alpha value is -0.570. The maximum atomic E-state index is 11.2. The molecule has 1 rings (SSSR count). The van der Waals surface area contributed by atoms with Crippen molar-refractivity contribution < 1.29 is 4.79 Å². The normalized spacial score (nSPS) is 18.9. The Morgan fingerprint density at radius 2 is 2.08 bits per heavy atom. The van der Waals surface area contributed by atoms with E-state index in [1.54, 1.807) is 19.0 Å². The monoisotopic (exact) mass is 170 g/mol. The van der Waals surface area contributed by atoms with Crippen molar-refractivity contribution in [2.45, 2.75) is 13.3 Å². The van der Waals surface area contributed by atoms with Gasteiger partial charge in [-0.05, 0) is 5.92 Å². The topological polar surface area (TPSA) is 23.6 Å². The lowest BCUT2D eigenvalue weighted by molar-refractivity contribution is -0.129. The average molecular weight is 170 g/mol. The molecule has 12 heavy (non-hydrogen) atoms. The molecule has 0 aliphatic carbocycles. The van der Waals surface area contributed by atoms with E-state index in [0.717, 1.165) is 12.5 Å². The zero-order chi connectivity index (χ0) is 9.14. The van der Waals surface area contributed by atoms with E-state index in [1.165, 1.54) is 13.1 Å². The van der Waals surface area contributed by atoms with Crippen LogP contribution < -0.4 is 0 Å². The quantitative estimate of drug-likeness (QED) is 0.612. The van der Waals surface area contributed by atoms with Crippen LogP contribution in [0.5, 0.6) is 0 Å². The second-order valence-electron chi connectivity index (χ2n) is 3.90. The summed E-state index contributed by atoms with van der Waals surface area (Å²) in [7, 11) is 3.61. The Kier molecular flexibility index (Phi) is 3.09. The number of rotatable bonds is 3. The van der Waals surface area contributed by atoms with Crippen LogP contribution in [-0.4, -0.2) is 49.4 Å². The first-order valence-electron chi connectivity index (χ1n) is 4.52. The number of amides is 1. The van der Waals surface area contributed by atoms with Gasteiger partial charge in [0.1, 0.15) is 0 Å². The fourth-order valence-corrected chi connectivity index (χ4v) is 1.49. The molecule has 0 N–H and O–H groups in total. The summed E-state index contributed by atoms with van der Waals surface area (Å²) in [6, 6.07) is 0. The zero-order valence-electron chi connectivity index (χ0n) is 8.21. The van der Waals surface area contributed by atoms with Gasteiger partial charge in [-0.3, -0.25) is 4.79 Å². The van der Waals surface area contributed by atoms with Crippen molar-refractivity contribution in [2.24, 2.45) is 5.92 Å². The van der Waals surface area contributed by atoms with E-state index in [4.69, 9.17) is 0 Å². The van der Waals surface area contributed by atoms with Crippen molar-refractivity contribution in [3.63, 3.8) is 0 Å². The fraction of sp³-hybridized carbons (Fsp3) is 0.889. The molecule has 1 aliphatic rings. The highest BCUT2D eigenvalue weighted by Gasteiger charge is 2.22. The molecular formula is C9H18N2O. The average Bonchev–Trinajstić information content (AvgIpc) is 1.95. The zero-order valence-corrected chi connectivity index (χ0v) is 8.21. The number of nitrogens with zero attached hydrogens (tertiary/aromatic N) is 2. The van der Waals surface area contributed by atoms with Crippen molar-refractivity contribution in [2.75, 3.05) is 33.7 Å². The molecular weight excluding hydrogens is 152 g/mol. The second kappa shape index (κ2) is 3.90. The molecule has 0 aromatic carbocycles. The molecule has 3 nitrogen and oxygen atoms in total. The summed E-state index contributed by atoms with van der Waals surface area (Å²) in [5, 5.41) is 0. The fourth-order valence-electron chi connectivity index (χ4n) is 1.49. The molecule has 1 saturated heterocycles. The second-order valence-corrected chi connectivity index (χ2v) is 3.90. The Bertz CT molecular complexity index is 162. The van der Waals surface area contributed by atoms with Crippen molar-refractivity contribution in [1.82, 2.24) is 9.80 Å². The highest BCUT2D eigenvalue weighted by Crippen LogP contribution is 2.13. The lowest BCUT2D eigenvalue weighted by Gasteiger charge is -2.37. The summed E-state index contributed by atoms with van der Waals surface area (Å²) < 4.78 is 0. The van der Waals surface area contributed by atoms with Crippen molar-refractivity contribution in [3.05, 3.63) is 0 Å². The standard InChI is InChI=1S/C9H18N2O/c1-8-6-11(7-8)5-4-9(12)10(2)3/h8H,4-7H2,1-3H3. The minimum absolute atomic E-state index is 0.231. The van der Waals surface area contributed by atoms with Gasteiger partial charge < -0.3 is 9.80 Å². The largest absolute Gasteiger partial charge is 0.349 e. The van der Waals surface area contributed by atoms with Gasteiger partial charge in [0.2, 0.25) is 5.91 Å². The minimum atomic E-state index is 0.231. The number of carbonyl (C=O) groups is 1. The molecule has 70 valence electrons. The third-order valence-corrected chi connectivity index (χ3v) is 2.28. The molecule has 1 aliphatic heterocycles. The van der Waals surface area contributed by atoms with E-state index in [2.05, 4.69) is 11.8 Å². The molecule has 0 unspecified atom stereocenters. The Morgan fingerprint density at radius 3 is 2.50 bits per heavy atom. The van der Waals surface area contributed by atoms with Crippen LogP contribution in [0.3, 0.4) is 0 Å². The van der Waals surface area contributed by atoms with Crippen molar-refractivity contribution in [1.29, 1.82) is 0 Å². The number of likely N-dealkylation sites (tertiary alicyclic amines) is 1. The van der Waals surface area contributed by atoms with Crippen LogP contribution in [0.4, 0.5) is 0 Å². The minimum Gasteiger partial charge on any atom is -0.349 e. The summed E-state index contributed by atoms with van der Waals surface area (Å²) in [4.78, 5) is 15.1. The lowest BCUT2D eigenvalue weighted by atomic mass is 10.0. The maximum Gasteiger partial charge on any atom is 0.223 e. The molecule has 0 spiro atoms. The predicted octanol–water partition coefficient (Wildman–Crippen LogP) is 0.416. The molecule has 0 aromatic heterocycles. The van der Waals surface area contributed by atoms with Gasteiger partial charge in [0.25, 0.3) is 0 Å². The smallest absolute Gasteiger partial charge is 0.223 e. The van der Waals surface area contributed by atoms with Gasteiger partial charge >= 0.3 is 0 Å². The van der Waals surface area contributed by atoms with E-state index < -0.39 is 0 Å². The van der Waals surface area contributed by atoms with Crippen LogP contribution in [0.25, 0.3) is 0 Å². The SMILES string of the molecule is CC1CN(CCC(=O)N(C)C)C1.